The van der Waals surface area contributed by atoms with Crippen molar-refractivity contribution in [3.8, 4) is 0 Å². The number of fused-ring (bicyclic) bond motifs is 2. The van der Waals surface area contributed by atoms with E-state index in [4.69, 9.17) is 4.42 Å². The molecule has 1 amide bonds. The first-order chi connectivity index (χ1) is 12.5. The molecule has 130 valence electrons. The van der Waals surface area contributed by atoms with Crippen LogP contribution in [0.4, 0.5) is 5.69 Å². The molecule has 0 saturated heterocycles. The van der Waals surface area contributed by atoms with E-state index >= 15 is 0 Å². The monoisotopic (exact) mass is 347 g/mol. The fourth-order valence-corrected chi connectivity index (χ4v) is 2.94. The third-order valence-electron chi connectivity index (χ3n) is 4.28. The van der Waals surface area contributed by atoms with Gasteiger partial charge in [-0.05, 0) is 44.2 Å². The lowest BCUT2D eigenvalue weighted by Gasteiger charge is -2.09. The van der Waals surface area contributed by atoms with Gasteiger partial charge in [0.2, 0.25) is 0 Å². The van der Waals surface area contributed by atoms with Crippen molar-refractivity contribution < 1.29 is 9.21 Å². The van der Waals surface area contributed by atoms with E-state index in [1.165, 1.54) is 0 Å². The Morgan fingerprint density at radius 1 is 1.15 bits per heavy atom. The molecule has 4 aromatic rings. The SMILES string of the molecule is CC(C)n1cnc2cc(NC(=O)c3cc4ccccc4oc3=O)ccc21. The number of anilines is 1. The number of aromatic nitrogens is 2. The van der Waals surface area contributed by atoms with Crippen molar-refractivity contribution in [3.63, 3.8) is 0 Å². The Balaban J connectivity index is 1.67. The summed E-state index contributed by atoms with van der Waals surface area (Å²) in [5.74, 6) is -0.507. The van der Waals surface area contributed by atoms with Crippen LogP contribution in [0.3, 0.4) is 0 Å². The predicted octanol–water partition coefficient (Wildman–Crippen LogP) is 3.98. The molecule has 2 heterocycles. The van der Waals surface area contributed by atoms with Crippen LogP contribution >= 0.6 is 0 Å². The van der Waals surface area contributed by atoms with Crippen LogP contribution < -0.4 is 10.9 Å². The van der Waals surface area contributed by atoms with Crippen LogP contribution in [0.2, 0.25) is 0 Å². The summed E-state index contributed by atoms with van der Waals surface area (Å²) >= 11 is 0. The summed E-state index contributed by atoms with van der Waals surface area (Å²) in [6.45, 7) is 4.16. The Morgan fingerprint density at radius 3 is 2.77 bits per heavy atom. The van der Waals surface area contributed by atoms with Gasteiger partial charge in [0.25, 0.3) is 5.91 Å². The van der Waals surface area contributed by atoms with Gasteiger partial charge in [-0.2, -0.15) is 0 Å². The Hall–Kier alpha value is -3.41. The van der Waals surface area contributed by atoms with Crippen molar-refractivity contribution in [2.24, 2.45) is 0 Å². The molecular weight excluding hydrogens is 330 g/mol. The quantitative estimate of drug-likeness (QED) is 0.569. The summed E-state index contributed by atoms with van der Waals surface area (Å²) < 4.78 is 7.27. The summed E-state index contributed by atoms with van der Waals surface area (Å²) in [7, 11) is 0. The zero-order valence-electron chi connectivity index (χ0n) is 14.4. The summed E-state index contributed by atoms with van der Waals surface area (Å²) in [5, 5.41) is 3.44. The van der Waals surface area contributed by atoms with Gasteiger partial charge in [-0.25, -0.2) is 9.78 Å². The Morgan fingerprint density at radius 2 is 1.96 bits per heavy atom. The lowest BCUT2D eigenvalue weighted by molar-refractivity contribution is 0.102. The van der Waals surface area contributed by atoms with Crippen LogP contribution in [0.25, 0.3) is 22.0 Å². The number of nitrogens with one attached hydrogen (secondary N) is 1. The largest absolute Gasteiger partial charge is 0.422 e. The standard InChI is InChI=1S/C20H17N3O3/c1-12(2)23-11-21-16-10-14(7-8-17(16)23)22-19(24)15-9-13-5-3-4-6-18(13)26-20(15)25/h3-12H,1-2H3,(H,22,24). The number of carbonyl (C=O) groups excluding carboxylic acids is 1. The number of hydrogen-bond donors (Lipinski definition) is 1. The minimum atomic E-state index is -0.661. The number of carbonyl (C=O) groups is 1. The van der Waals surface area contributed by atoms with E-state index in [-0.39, 0.29) is 5.56 Å². The van der Waals surface area contributed by atoms with Gasteiger partial charge in [-0.1, -0.05) is 18.2 Å². The van der Waals surface area contributed by atoms with Crippen molar-refractivity contribution in [1.82, 2.24) is 9.55 Å². The normalized spacial score (nSPS) is 11.3. The summed E-state index contributed by atoms with van der Waals surface area (Å²) in [6.07, 6.45) is 1.78. The van der Waals surface area contributed by atoms with Crippen LogP contribution in [-0.4, -0.2) is 15.5 Å². The minimum absolute atomic E-state index is 0.0310. The van der Waals surface area contributed by atoms with Gasteiger partial charge < -0.3 is 14.3 Å². The molecule has 4 rings (SSSR count). The van der Waals surface area contributed by atoms with Crippen LogP contribution in [0.1, 0.15) is 30.2 Å². The lowest BCUT2D eigenvalue weighted by Crippen LogP contribution is -2.20. The molecular formula is C20H17N3O3. The zero-order valence-corrected chi connectivity index (χ0v) is 14.4. The highest BCUT2D eigenvalue weighted by Crippen LogP contribution is 2.21. The van der Waals surface area contributed by atoms with Gasteiger partial charge in [-0.3, -0.25) is 4.79 Å². The van der Waals surface area contributed by atoms with Gasteiger partial charge in [0.05, 0.1) is 17.4 Å². The summed E-state index contributed by atoms with van der Waals surface area (Å²) in [5.41, 5.74) is 2.10. The molecule has 0 atom stereocenters. The second kappa shape index (κ2) is 6.15. The van der Waals surface area contributed by atoms with Crippen molar-refractivity contribution in [2.75, 3.05) is 5.32 Å². The highest BCUT2D eigenvalue weighted by Gasteiger charge is 2.15. The zero-order chi connectivity index (χ0) is 18.3. The van der Waals surface area contributed by atoms with Crippen molar-refractivity contribution in [3.05, 3.63) is 70.8 Å². The highest BCUT2D eigenvalue weighted by atomic mass is 16.4. The van der Waals surface area contributed by atoms with E-state index in [9.17, 15) is 9.59 Å². The maximum atomic E-state index is 12.5. The maximum Gasteiger partial charge on any atom is 0.349 e. The first kappa shape index (κ1) is 16.1. The summed E-state index contributed by atoms with van der Waals surface area (Å²) in [6, 6.07) is 14.4. The number of para-hydroxylation sites is 1. The molecule has 0 aliphatic carbocycles. The molecule has 0 saturated carbocycles. The molecule has 26 heavy (non-hydrogen) atoms. The highest BCUT2D eigenvalue weighted by molar-refractivity contribution is 6.06. The average molecular weight is 347 g/mol. The van der Waals surface area contributed by atoms with Gasteiger partial charge in [-0.15, -0.1) is 0 Å². The van der Waals surface area contributed by atoms with Crippen LogP contribution in [-0.2, 0) is 0 Å². The lowest BCUT2D eigenvalue weighted by atomic mass is 10.1. The van der Waals surface area contributed by atoms with Crippen LogP contribution in [0, 0.1) is 0 Å². The van der Waals surface area contributed by atoms with Crippen molar-refractivity contribution in [1.29, 1.82) is 0 Å². The first-order valence-corrected chi connectivity index (χ1v) is 8.34. The molecule has 0 bridgehead atoms. The molecule has 0 unspecified atom stereocenters. The molecule has 6 nitrogen and oxygen atoms in total. The minimum Gasteiger partial charge on any atom is -0.422 e. The van der Waals surface area contributed by atoms with Crippen LogP contribution in [0.15, 0.2) is 64.1 Å². The first-order valence-electron chi connectivity index (χ1n) is 8.34. The summed E-state index contributed by atoms with van der Waals surface area (Å²) in [4.78, 5) is 29.0. The fourth-order valence-electron chi connectivity index (χ4n) is 2.94. The number of rotatable bonds is 3. The van der Waals surface area contributed by atoms with Gasteiger partial charge in [0.1, 0.15) is 11.1 Å². The van der Waals surface area contributed by atoms with E-state index < -0.39 is 11.5 Å². The Kier molecular flexibility index (Phi) is 3.80. The van der Waals surface area contributed by atoms with Crippen LogP contribution in [0.5, 0.6) is 0 Å². The Labute approximate surface area is 149 Å². The molecule has 0 fully saturated rings. The van der Waals surface area contributed by atoms with E-state index in [0.29, 0.717) is 22.7 Å². The van der Waals surface area contributed by atoms with Gasteiger partial charge >= 0.3 is 5.63 Å². The van der Waals surface area contributed by atoms with E-state index in [1.54, 1.807) is 42.7 Å². The number of benzene rings is 2. The third kappa shape index (κ3) is 2.75. The van der Waals surface area contributed by atoms with Crippen molar-refractivity contribution in [2.45, 2.75) is 19.9 Å². The third-order valence-corrected chi connectivity index (χ3v) is 4.28. The van der Waals surface area contributed by atoms with E-state index in [0.717, 1.165) is 11.0 Å². The average Bonchev–Trinajstić information content (AvgIpc) is 3.04. The predicted molar refractivity (Wildman–Crippen MR) is 101 cm³/mol. The molecule has 2 aromatic carbocycles. The number of nitrogens with zero attached hydrogens (tertiary/aromatic N) is 2. The topological polar surface area (TPSA) is 77.1 Å². The molecule has 0 radical (unpaired) electrons. The molecule has 6 heteroatoms. The number of amides is 1. The van der Waals surface area contributed by atoms with E-state index in [1.807, 2.05) is 12.1 Å². The molecule has 0 aliphatic heterocycles. The molecule has 2 aromatic heterocycles. The second-order valence-corrected chi connectivity index (χ2v) is 6.39. The smallest absolute Gasteiger partial charge is 0.349 e. The van der Waals surface area contributed by atoms with Crippen molar-refractivity contribution >= 4 is 33.6 Å². The van der Waals surface area contributed by atoms with E-state index in [2.05, 4.69) is 28.7 Å². The number of imidazole rings is 1. The second-order valence-electron chi connectivity index (χ2n) is 6.39. The molecule has 1 N–H and O–H groups in total. The maximum absolute atomic E-state index is 12.5. The molecule has 0 spiro atoms. The fraction of sp³-hybridized carbons (Fsp3) is 0.150. The number of hydrogen-bond acceptors (Lipinski definition) is 4. The van der Waals surface area contributed by atoms with Gasteiger partial charge in [0, 0.05) is 17.1 Å². The molecule has 0 aliphatic rings. The Bertz CT molecular complexity index is 1190. The van der Waals surface area contributed by atoms with Gasteiger partial charge in [0.15, 0.2) is 0 Å².